The van der Waals surface area contributed by atoms with Crippen molar-refractivity contribution in [2.45, 2.75) is 147 Å². The van der Waals surface area contributed by atoms with Crippen molar-refractivity contribution in [3.8, 4) is 0 Å². The van der Waals surface area contributed by atoms with Crippen LogP contribution in [-0.2, 0) is 28.1 Å². The second-order valence-electron chi connectivity index (χ2n) is 8.15. The highest BCUT2D eigenvalue weighted by Gasteiger charge is 1.96. The molecule has 0 aromatic carbocycles. The number of rotatable bonds is 19. The second-order valence-corrected chi connectivity index (χ2v) is 8.15. The third-order valence-corrected chi connectivity index (χ3v) is 3.65. The number of carbonyl (C=O) groups is 2. The third kappa shape index (κ3) is 251. The normalized spacial score (nSPS) is 6.24. The Morgan fingerprint density at radius 3 is 0.935 bits per heavy atom. The fourth-order valence-electron chi connectivity index (χ4n) is 1.53. The van der Waals surface area contributed by atoms with Crippen molar-refractivity contribution in [3.63, 3.8) is 0 Å². The molecule has 0 atom stereocenters. The zero-order valence-corrected chi connectivity index (χ0v) is 28.1. The van der Waals surface area contributed by atoms with Crippen LogP contribution in [-0.4, -0.2) is 231 Å². The van der Waals surface area contributed by atoms with Gasteiger partial charge in [-0.25, -0.2) is 0 Å². The lowest BCUT2D eigenvalue weighted by Gasteiger charge is -2.08. The SMILES string of the molecule is C.C.C.C.C.C.C.C.C.C.C.C.C.C.C.C.C.C.[B][B]C(=O)N(C)C.[B][B]C(=O)OC.[B][B]OCCCN(C)C.[B][B]OCCCOC.[B][B]OCCN(C)C.[B][B]OCCO. The fourth-order valence-corrected chi connectivity index (χ4v) is 1.53. The average Bonchev–Trinajstić information content (AvgIpc) is 3.01. The van der Waals surface area contributed by atoms with Crippen LogP contribution in [0, 0.1) is 0 Å². The Bertz CT molecular complexity index is 530. The lowest BCUT2D eigenvalue weighted by atomic mass is 9.55. The van der Waals surface area contributed by atoms with E-state index in [0.29, 0.717) is 19.8 Å². The molecule has 18 radical (unpaired) electrons. The number of nitrogens with zero attached hydrogens (tertiary/aromatic N) is 3. The van der Waals surface area contributed by atoms with Crippen LogP contribution in [0.25, 0.3) is 0 Å². The van der Waals surface area contributed by atoms with Crippen LogP contribution in [0.2, 0.25) is 0 Å². The highest BCUT2D eigenvalue weighted by molar-refractivity contribution is 7.08. The monoisotopic (exact) mass is 892 g/mol. The zero-order valence-electron chi connectivity index (χ0n) is 28.1. The maximum atomic E-state index is 10.3. The predicted molar refractivity (Wildman–Crippen MR) is 311 cm³/mol. The molecule has 0 aliphatic carbocycles. The van der Waals surface area contributed by atoms with Crippen LogP contribution in [0.5, 0.6) is 0 Å². The van der Waals surface area contributed by atoms with Crippen LogP contribution in [0.4, 0.5) is 9.59 Å². The van der Waals surface area contributed by atoms with Crippen LogP contribution in [0.15, 0.2) is 0 Å². The molecule has 0 rings (SSSR count). The van der Waals surface area contributed by atoms with Gasteiger partial charge in [-0.1, -0.05) is 134 Å². The summed E-state index contributed by atoms with van der Waals surface area (Å²) in [6, 6.07) is 0. The molecule has 1 N–H and O–H groups in total. The minimum absolute atomic E-state index is 0. The van der Waals surface area contributed by atoms with Crippen molar-refractivity contribution >= 4 is 102 Å². The number of hydrogen-bond donors (Lipinski definition) is 1. The lowest BCUT2D eigenvalue weighted by Crippen LogP contribution is -2.25. The van der Waals surface area contributed by atoms with Gasteiger partial charge in [0.05, 0.1) is 51.3 Å². The summed E-state index contributed by atoms with van der Waals surface area (Å²) in [5.41, 5.74) is 0. The van der Waals surface area contributed by atoms with Gasteiger partial charge in [0.25, 0.3) is 0 Å². The van der Waals surface area contributed by atoms with Gasteiger partial charge in [0.1, 0.15) is 0 Å². The van der Waals surface area contributed by atoms with Crippen molar-refractivity contribution < 1.29 is 42.8 Å². The standard InChI is InChI=1S/C5H12B2NO.C4H10B2NO.C4H9B2O2.C3H6B2NO.C2H3B2O2.C2H5B2O2.18CH4/c1-8(2)4-3-5-9-7-6;1-7(2)3-4-8-6-5;1-7-3-2-4-8-6-5;1-6(2)3(7)5-4;1-6-2(5)4-3;3-4-6-2-1-5;;;;;;;;;;;;;;;;;;/h3-5H2,1-2H3;3-4H2,1-2H3;2-4H2,1H3;1-2H3;1H3;5H,1-2H2;18*1H4. The number of likely N-dealkylation sites (N-methyl/N-ethyl adjacent to an activating group) is 1. The first-order valence-electron chi connectivity index (χ1n) is 13.2. The van der Waals surface area contributed by atoms with E-state index in [9.17, 15) is 9.59 Å². The Balaban J connectivity index is -0.0000000121. The molecule has 0 aromatic heterocycles. The first-order chi connectivity index (χ1) is 20.9. The molecule has 0 aliphatic rings. The summed E-state index contributed by atoms with van der Waals surface area (Å²) in [7, 11) is 50.0. The molecule has 0 spiro atoms. The van der Waals surface area contributed by atoms with Gasteiger partial charge in [-0.3, -0.25) is 9.59 Å². The fraction of sp³-hybridized carbons (Fsp3) is 0.947. The first-order valence-corrected chi connectivity index (χ1v) is 13.2. The van der Waals surface area contributed by atoms with Crippen molar-refractivity contribution in [2.24, 2.45) is 0 Å². The topological polar surface area (TPSA) is 119 Å². The number of hydrogen-bond acceptors (Lipinski definition) is 11. The van der Waals surface area contributed by atoms with E-state index in [-0.39, 0.29) is 153 Å². The van der Waals surface area contributed by atoms with Crippen molar-refractivity contribution in [2.75, 3.05) is 109 Å². The maximum Gasteiger partial charge on any atom is 0.233 e. The molecule has 0 bridgehead atoms. The van der Waals surface area contributed by atoms with Crippen LogP contribution < -0.4 is 0 Å². The van der Waals surface area contributed by atoms with Gasteiger partial charge in [0.2, 0.25) is 42.5 Å². The molecule has 0 unspecified atom stereocenters. The molecule has 0 aromatic rings. The Hall–Kier alpha value is -0.601. The van der Waals surface area contributed by atoms with Gasteiger partial charge in [-0.05, 0) is 47.6 Å². The summed E-state index contributed by atoms with van der Waals surface area (Å²) >= 11 is 0. The number of ether oxygens (including phenoxy) is 2. The van der Waals surface area contributed by atoms with E-state index in [1.165, 1.54) is 34.1 Å². The Kier molecular flexibility index (Phi) is 415. The highest BCUT2D eigenvalue weighted by Crippen LogP contribution is 1.82. The van der Waals surface area contributed by atoms with Crippen molar-refractivity contribution in [1.29, 1.82) is 0 Å². The molecule has 12 nitrogen and oxygen atoms in total. The van der Waals surface area contributed by atoms with Crippen LogP contribution in [0.1, 0.15) is 147 Å². The van der Waals surface area contributed by atoms with E-state index in [4.69, 9.17) is 62.5 Å². The molecule has 374 valence electrons. The first kappa shape index (κ1) is 160. The molecule has 0 saturated carbocycles. The second kappa shape index (κ2) is 161. The molecular weight excluding hydrogens is 772 g/mol. The van der Waals surface area contributed by atoms with Gasteiger partial charge in [0, 0.05) is 69.7 Å². The Morgan fingerprint density at radius 1 is 0.452 bits per heavy atom. The van der Waals surface area contributed by atoms with E-state index in [1.807, 2.05) is 33.1 Å². The molecule has 0 aliphatic heterocycles. The number of carbonyl (C=O) groups excluding carboxylic acids is 2. The summed E-state index contributed by atoms with van der Waals surface area (Å²) in [6.07, 6.45) is 1.92. The number of aliphatic hydroxyl groups is 1. The summed E-state index contributed by atoms with van der Waals surface area (Å²) in [5.74, 6) is -0.671. The molecule has 0 fully saturated rings. The van der Waals surface area contributed by atoms with E-state index >= 15 is 0 Å². The Labute approximate surface area is 413 Å². The molecular formula is C38H117B12N3O9. The van der Waals surface area contributed by atoms with Crippen molar-refractivity contribution in [3.05, 3.63) is 0 Å². The number of amides is 1. The lowest BCUT2D eigenvalue weighted by molar-refractivity contribution is 0.175. The minimum Gasteiger partial charge on any atom is -0.478 e. The predicted octanol–water partition coefficient (Wildman–Crippen LogP) is 7.81. The van der Waals surface area contributed by atoms with E-state index in [1.54, 1.807) is 21.2 Å². The third-order valence-electron chi connectivity index (χ3n) is 3.65. The Morgan fingerprint density at radius 2 is 0.758 bits per heavy atom. The van der Waals surface area contributed by atoms with Crippen LogP contribution >= 0.6 is 0 Å². The van der Waals surface area contributed by atoms with Gasteiger partial charge in [-0.15, -0.1) is 0 Å². The van der Waals surface area contributed by atoms with Crippen LogP contribution in [0.3, 0.4) is 0 Å². The average molecular weight is 890 g/mol. The van der Waals surface area contributed by atoms with E-state index in [2.05, 4.69) is 22.0 Å². The smallest absolute Gasteiger partial charge is 0.233 e. The molecule has 24 heteroatoms. The molecule has 0 heterocycles. The quantitative estimate of drug-likeness (QED) is 0.101. The summed E-state index contributed by atoms with van der Waals surface area (Å²) in [5, 5.41) is 8.00. The van der Waals surface area contributed by atoms with Gasteiger partial charge >= 0.3 is 0 Å². The summed E-state index contributed by atoms with van der Waals surface area (Å²) < 4.78 is 27.5. The number of aliphatic hydroxyl groups excluding tert-OH is 1. The largest absolute Gasteiger partial charge is 0.478 e. The molecule has 0 saturated heterocycles. The van der Waals surface area contributed by atoms with Gasteiger partial charge < -0.3 is 47.9 Å². The maximum absolute atomic E-state index is 10.3. The van der Waals surface area contributed by atoms with Gasteiger partial charge in [0.15, 0.2) is 13.0 Å². The minimum atomic E-state index is -0.505. The molecule has 1 amide bonds. The van der Waals surface area contributed by atoms with Crippen molar-refractivity contribution in [1.82, 2.24) is 14.7 Å². The number of methoxy groups -OCH3 is 2. The van der Waals surface area contributed by atoms with Gasteiger partial charge in [-0.2, -0.15) is 0 Å². The molecule has 62 heavy (non-hydrogen) atoms. The van der Waals surface area contributed by atoms with E-state index in [0.717, 1.165) is 54.3 Å². The highest BCUT2D eigenvalue weighted by atomic mass is 16.5. The zero-order chi connectivity index (χ0) is 35.4. The van der Waals surface area contributed by atoms with E-state index < -0.39 is 5.87 Å². The summed E-state index contributed by atoms with van der Waals surface area (Å²) in [4.78, 5) is 25.6. The summed E-state index contributed by atoms with van der Waals surface area (Å²) in [6.45, 7) is 5.03.